The van der Waals surface area contributed by atoms with Gasteiger partial charge in [0.2, 0.25) is 0 Å². The average Bonchev–Trinajstić information content (AvgIpc) is 2.67. The summed E-state index contributed by atoms with van der Waals surface area (Å²) in [7, 11) is 0. The molecule has 1 saturated heterocycles. The summed E-state index contributed by atoms with van der Waals surface area (Å²) in [6.07, 6.45) is 4.33. The van der Waals surface area contributed by atoms with Crippen molar-refractivity contribution in [2.45, 2.75) is 39.5 Å². The van der Waals surface area contributed by atoms with Crippen LogP contribution in [-0.2, 0) is 6.42 Å². The lowest BCUT2D eigenvalue weighted by Gasteiger charge is -2.32. The first-order valence-electron chi connectivity index (χ1n) is 9.62. The Labute approximate surface area is 155 Å². The van der Waals surface area contributed by atoms with Gasteiger partial charge >= 0.3 is 0 Å². The molecule has 1 amide bonds. The average molecular weight is 350 g/mol. The van der Waals surface area contributed by atoms with Gasteiger partial charge in [0.1, 0.15) is 17.3 Å². The van der Waals surface area contributed by atoms with Crippen LogP contribution in [0.1, 0.15) is 48.1 Å². The molecule has 0 bridgehead atoms. The fraction of sp³-hybridized carbons (Fsp3) is 0.476. The van der Waals surface area contributed by atoms with Crippen molar-refractivity contribution in [2.24, 2.45) is 5.92 Å². The number of fused-ring (bicyclic) bond motifs is 1. The quantitative estimate of drug-likeness (QED) is 0.828. The molecule has 5 nitrogen and oxygen atoms in total. The first-order valence-corrected chi connectivity index (χ1v) is 9.62. The van der Waals surface area contributed by atoms with Crippen molar-refractivity contribution in [2.75, 3.05) is 24.5 Å². The Morgan fingerprint density at radius 1 is 1.12 bits per heavy atom. The number of hydrogen-bond donors (Lipinski definition) is 0. The minimum atomic E-state index is 0.0361. The van der Waals surface area contributed by atoms with Crippen molar-refractivity contribution in [1.82, 2.24) is 14.9 Å². The van der Waals surface area contributed by atoms with Gasteiger partial charge in [0.15, 0.2) is 0 Å². The second-order valence-electron chi connectivity index (χ2n) is 7.52. The molecule has 0 aliphatic carbocycles. The Hall–Kier alpha value is -2.43. The van der Waals surface area contributed by atoms with Crippen LogP contribution in [-0.4, -0.2) is 40.4 Å². The zero-order valence-electron chi connectivity index (χ0n) is 15.6. The summed E-state index contributed by atoms with van der Waals surface area (Å²) in [6.45, 7) is 6.69. The minimum absolute atomic E-state index is 0.0361. The van der Waals surface area contributed by atoms with E-state index in [1.54, 1.807) is 0 Å². The normalized spacial score (nSPS) is 17.9. The van der Waals surface area contributed by atoms with Crippen LogP contribution in [0.5, 0.6) is 0 Å². The van der Waals surface area contributed by atoms with Gasteiger partial charge in [0.25, 0.3) is 5.91 Å². The van der Waals surface area contributed by atoms with E-state index in [0.717, 1.165) is 51.1 Å². The van der Waals surface area contributed by atoms with Crippen LogP contribution in [0.15, 0.2) is 30.3 Å². The Morgan fingerprint density at radius 2 is 1.88 bits per heavy atom. The number of hydrogen-bond acceptors (Lipinski definition) is 4. The third-order valence-corrected chi connectivity index (χ3v) is 5.50. The highest BCUT2D eigenvalue weighted by molar-refractivity contribution is 5.93. The van der Waals surface area contributed by atoms with Gasteiger partial charge in [0, 0.05) is 31.4 Å². The summed E-state index contributed by atoms with van der Waals surface area (Å²) in [5.41, 5.74) is 3.06. The molecule has 1 aromatic heterocycles. The van der Waals surface area contributed by atoms with Crippen molar-refractivity contribution in [3.8, 4) is 0 Å². The van der Waals surface area contributed by atoms with E-state index in [1.807, 2.05) is 17.9 Å². The number of anilines is 2. The topological polar surface area (TPSA) is 49.3 Å². The number of aromatic nitrogens is 2. The summed E-state index contributed by atoms with van der Waals surface area (Å²) >= 11 is 0. The van der Waals surface area contributed by atoms with Crippen molar-refractivity contribution >= 4 is 17.4 Å². The van der Waals surface area contributed by atoms with Crippen LogP contribution >= 0.6 is 0 Å². The lowest BCUT2D eigenvalue weighted by atomic mass is 9.99. The molecular weight excluding hydrogens is 324 g/mol. The van der Waals surface area contributed by atoms with E-state index >= 15 is 0 Å². The van der Waals surface area contributed by atoms with Crippen LogP contribution in [0.25, 0.3) is 0 Å². The number of piperidine rings is 1. The predicted octanol–water partition coefficient (Wildman–Crippen LogP) is 3.74. The maximum Gasteiger partial charge on any atom is 0.272 e. The number of rotatable bonds is 2. The van der Waals surface area contributed by atoms with E-state index in [1.165, 1.54) is 11.3 Å². The van der Waals surface area contributed by atoms with E-state index in [4.69, 9.17) is 0 Å². The molecule has 26 heavy (non-hydrogen) atoms. The second-order valence-corrected chi connectivity index (χ2v) is 7.52. The molecule has 4 rings (SSSR count). The Balaban J connectivity index is 1.64. The second kappa shape index (κ2) is 7.06. The number of benzene rings is 1. The Kier molecular flexibility index (Phi) is 4.62. The summed E-state index contributed by atoms with van der Waals surface area (Å²) < 4.78 is 0. The van der Waals surface area contributed by atoms with Gasteiger partial charge in [-0.15, -0.1) is 0 Å². The molecule has 2 aliphatic heterocycles. The van der Waals surface area contributed by atoms with Crippen molar-refractivity contribution in [3.63, 3.8) is 0 Å². The first kappa shape index (κ1) is 17.0. The molecule has 0 spiro atoms. The van der Waals surface area contributed by atoms with Gasteiger partial charge in [-0.2, -0.15) is 0 Å². The van der Waals surface area contributed by atoms with E-state index in [-0.39, 0.29) is 5.91 Å². The van der Waals surface area contributed by atoms with E-state index in [9.17, 15) is 4.79 Å². The van der Waals surface area contributed by atoms with Gasteiger partial charge in [0.05, 0.1) is 0 Å². The molecule has 3 heterocycles. The maximum absolute atomic E-state index is 13.0. The molecule has 2 aliphatic rings. The third-order valence-electron chi connectivity index (χ3n) is 5.50. The number of aryl methyl sites for hydroxylation is 2. The summed E-state index contributed by atoms with van der Waals surface area (Å²) in [4.78, 5) is 26.2. The smallest absolute Gasteiger partial charge is 0.272 e. The Morgan fingerprint density at radius 3 is 2.69 bits per heavy atom. The van der Waals surface area contributed by atoms with Crippen molar-refractivity contribution in [1.29, 1.82) is 0 Å². The number of carbonyl (C=O) groups is 1. The number of para-hydroxylation sites is 1. The third kappa shape index (κ3) is 3.30. The lowest BCUT2D eigenvalue weighted by Crippen LogP contribution is -2.38. The highest BCUT2D eigenvalue weighted by atomic mass is 16.2. The van der Waals surface area contributed by atoms with Crippen molar-refractivity contribution in [3.05, 3.63) is 47.4 Å². The van der Waals surface area contributed by atoms with Crippen LogP contribution in [0.3, 0.4) is 0 Å². The largest absolute Gasteiger partial charge is 0.337 e. The zero-order chi connectivity index (χ0) is 18.1. The number of likely N-dealkylation sites (tertiary alicyclic amines) is 1. The fourth-order valence-electron chi connectivity index (χ4n) is 3.95. The summed E-state index contributed by atoms with van der Waals surface area (Å²) in [5, 5.41) is 0. The van der Waals surface area contributed by atoms with Crippen LogP contribution in [0.4, 0.5) is 11.5 Å². The molecule has 5 heteroatoms. The van der Waals surface area contributed by atoms with Crippen LogP contribution in [0.2, 0.25) is 0 Å². The number of carbonyl (C=O) groups excluding carboxylic acids is 1. The molecule has 0 saturated carbocycles. The van der Waals surface area contributed by atoms with Gasteiger partial charge in [-0.1, -0.05) is 25.1 Å². The number of nitrogens with zero attached hydrogens (tertiary/aromatic N) is 4. The first-order chi connectivity index (χ1) is 12.6. The Bertz CT molecular complexity index is 811. The molecule has 1 aromatic carbocycles. The SMILES string of the molecule is Cc1nc(C(=O)N2CCC(C)CC2)cc(N2CCCc3ccccc32)n1. The monoisotopic (exact) mass is 350 g/mol. The highest BCUT2D eigenvalue weighted by Gasteiger charge is 2.25. The van der Waals surface area contributed by atoms with E-state index < -0.39 is 0 Å². The fourth-order valence-corrected chi connectivity index (χ4v) is 3.95. The molecular formula is C21H26N4O. The molecule has 0 N–H and O–H groups in total. The van der Waals surface area contributed by atoms with Gasteiger partial charge in [-0.3, -0.25) is 4.79 Å². The maximum atomic E-state index is 13.0. The van der Waals surface area contributed by atoms with E-state index in [2.05, 4.69) is 46.1 Å². The highest BCUT2D eigenvalue weighted by Crippen LogP contribution is 2.32. The molecule has 1 fully saturated rings. The number of amides is 1. The van der Waals surface area contributed by atoms with Crippen LogP contribution in [0, 0.1) is 12.8 Å². The predicted molar refractivity (Wildman–Crippen MR) is 103 cm³/mol. The molecule has 0 unspecified atom stereocenters. The van der Waals surface area contributed by atoms with Gasteiger partial charge in [-0.05, 0) is 50.2 Å². The zero-order valence-corrected chi connectivity index (χ0v) is 15.6. The summed E-state index contributed by atoms with van der Waals surface area (Å²) in [5.74, 6) is 2.22. The molecule has 2 aromatic rings. The van der Waals surface area contributed by atoms with Crippen molar-refractivity contribution < 1.29 is 4.79 Å². The van der Waals surface area contributed by atoms with Gasteiger partial charge in [-0.25, -0.2) is 9.97 Å². The summed E-state index contributed by atoms with van der Waals surface area (Å²) in [6, 6.07) is 10.3. The van der Waals surface area contributed by atoms with Gasteiger partial charge < -0.3 is 9.80 Å². The lowest BCUT2D eigenvalue weighted by molar-refractivity contribution is 0.0691. The van der Waals surface area contributed by atoms with E-state index in [0.29, 0.717) is 17.4 Å². The minimum Gasteiger partial charge on any atom is -0.337 e. The van der Waals surface area contributed by atoms with Crippen LogP contribution < -0.4 is 4.90 Å². The molecule has 0 radical (unpaired) electrons. The standard InChI is InChI=1S/C21H26N4O/c1-15-9-12-24(13-10-15)21(26)18-14-20(23-16(2)22-18)25-11-5-7-17-6-3-4-8-19(17)25/h3-4,6,8,14-15H,5,7,9-13H2,1-2H3. The molecule has 136 valence electrons. The molecule has 0 atom stereocenters.